The number of carbonyl (C=O) groups is 1. The maximum atomic E-state index is 11.0. The van der Waals surface area contributed by atoms with Gasteiger partial charge in [0.1, 0.15) is 5.69 Å². The summed E-state index contributed by atoms with van der Waals surface area (Å²) < 4.78 is 0. The van der Waals surface area contributed by atoms with Gasteiger partial charge in [0.15, 0.2) is 5.82 Å². The predicted molar refractivity (Wildman–Crippen MR) is 68.8 cm³/mol. The Bertz CT molecular complexity index is 383. The van der Waals surface area contributed by atoms with Crippen LogP contribution in [-0.2, 0) is 0 Å². The zero-order valence-electron chi connectivity index (χ0n) is 9.43. The lowest BCUT2D eigenvalue weighted by atomic mass is 10.3. The first-order chi connectivity index (χ1) is 7.56. The van der Waals surface area contributed by atoms with Crippen molar-refractivity contribution in [3.8, 4) is 0 Å². The van der Waals surface area contributed by atoms with Crippen molar-refractivity contribution in [2.45, 2.75) is 0 Å². The number of primary amides is 1. The number of amides is 1. The minimum absolute atomic E-state index is 0.236. The molecule has 0 aromatic carbocycles. The maximum Gasteiger partial charge on any atom is 0.267 e. The maximum absolute atomic E-state index is 11.0. The average Bonchev–Trinajstić information content (AvgIpc) is 2.26. The van der Waals surface area contributed by atoms with E-state index in [0.29, 0.717) is 11.5 Å². The summed E-state index contributed by atoms with van der Waals surface area (Å²) in [6, 6.07) is 3.18. The van der Waals surface area contributed by atoms with Crippen molar-refractivity contribution >= 4 is 29.2 Å². The molecule has 1 rings (SSSR count). The van der Waals surface area contributed by atoms with Gasteiger partial charge in [0, 0.05) is 19.3 Å². The summed E-state index contributed by atoms with van der Waals surface area (Å²) in [7, 11) is 1.89. The normalized spacial score (nSPS) is 10.1. The summed E-state index contributed by atoms with van der Waals surface area (Å²) in [5, 5.41) is 0. The highest BCUT2D eigenvalue weighted by molar-refractivity contribution is 7.98. The number of rotatable bonds is 5. The number of aromatic nitrogens is 1. The number of hydrogen-bond donors (Lipinski definition) is 2. The zero-order valence-corrected chi connectivity index (χ0v) is 10.3. The molecule has 0 aliphatic heterocycles. The fraction of sp³-hybridized carbons (Fsp3) is 0.400. The minimum Gasteiger partial charge on any atom is -0.396 e. The first-order valence-electron chi connectivity index (χ1n) is 4.82. The van der Waals surface area contributed by atoms with Crippen LogP contribution < -0.4 is 16.4 Å². The molecule has 1 aromatic heterocycles. The van der Waals surface area contributed by atoms with Crippen LogP contribution in [0.2, 0.25) is 0 Å². The van der Waals surface area contributed by atoms with Crippen molar-refractivity contribution in [1.82, 2.24) is 4.98 Å². The summed E-state index contributed by atoms with van der Waals surface area (Å²) in [5.41, 5.74) is 11.8. The van der Waals surface area contributed by atoms with Gasteiger partial charge in [-0.15, -0.1) is 0 Å². The lowest BCUT2D eigenvalue weighted by Crippen LogP contribution is -2.24. The summed E-state index contributed by atoms with van der Waals surface area (Å²) >= 11 is 1.74. The van der Waals surface area contributed by atoms with Gasteiger partial charge < -0.3 is 16.4 Å². The molecule has 88 valence electrons. The largest absolute Gasteiger partial charge is 0.396 e. The quantitative estimate of drug-likeness (QED) is 0.785. The Morgan fingerprint density at radius 3 is 2.81 bits per heavy atom. The van der Waals surface area contributed by atoms with Crippen LogP contribution in [0.4, 0.5) is 11.5 Å². The van der Waals surface area contributed by atoms with Crippen LogP contribution in [0.25, 0.3) is 0 Å². The van der Waals surface area contributed by atoms with E-state index in [1.54, 1.807) is 17.8 Å². The van der Waals surface area contributed by atoms with Gasteiger partial charge in [-0.1, -0.05) is 0 Å². The van der Waals surface area contributed by atoms with Crippen LogP contribution >= 0.6 is 11.8 Å². The summed E-state index contributed by atoms with van der Waals surface area (Å²) in [6.45, 7) is 0.820. The summed E-state index contributed by atoms with van der Waals surface area (Å²) in [5.74, 6) is 1.03. The molecular formula is C10H16N4OS. The Labute approximate surface area is 99.2 Å². The SMILES string of the molecule is CSCCN(C)c1nc(C(N)=O)ccc1N. The third kappa shape index (κ3) is 3.03. The Morgan fingerprint density at radius 2 is 2.25 bits per heavy atom. The average molecular weight is 240 g/mol. The second kappa shape index (κ2) is 5.60. The van der Waals surface area contributed by atoms with Gasteiger partial charge in [0.05, 0.1) is 5.69 Å². The van der Waals surface area contributed by atoms with Crippen LogP contribution in [0.15, 0.2) is 12.1 Å². The van der Waals surface area contributed by atoms with Gasteiger partial charge in [-0.05, 0) is 18.4 Å². The molecule has 0 fully saturated rings. The molecule has 16 heavy (non-hydrogen) atoms. The van der Waals surface area contributed by atoms with Crippen molar-refractivity contribution in [2.24, 2.45) is 5.73 Å². The lowest BCUT2D eigenvalue weighted by molar-refractivity contribution is 0.0995. The van der Waals surface area contributed by atoms with Gasteiger partial charge in [0.25, 0.3) is 5.91 Å². The van der Waals surface area contributed by atoms with Crippen molar-refractivity contribution in [2.75, 3.05) is 36.2 Å². The molecule has 0 aliphatic rings. The molecule has 0 bridgehead atoms. The van der Waals surface area contributed by atoms with E-state index in [2.05, 4.69) is 4.98 Å². The van der Waals surface area contributed by atoms with Crippen molar-refractivity contribution in [3.05, 3.63) is 17.8 Å². The molecule has 0 atom stereocenters. The zero-order chi connectivity index (χ0) is 12.1. The fourth-order valence-corrected chi connectivity index (χ4v) is 1.69. The highest BCUT2D eigenvalue weighted by Gasteiger charge is 2.10. The van der Waals surface area contributed by atoms with E-state index in [4.69, 9.17) is 11.5 Å². The molecular weight excluding hydrogens is 224 g/mol. The fourth-order valence-electron chi connectivity index (χ4n) is 1.24. The molecule has 5 nitrogen and oxygen atoms in total. The van der Waals surface area contributed by atoms with Crippen LogP contribution in [-0.4, -0.2) is 36.5 Å². The Balaban J connectivity index is 2.92. The number of nitrogens with two attached hydrogens (primary N) is 2. The van der Waals surface area contributed by atoms with Gasteiger partial charge in [-0.25, -0.2) is 4.98 Å². The monoisotopic (exact) mass is 240 g/mol. The first-order valence-corrected chi connectivity index (χ1v) is 6.22. The van der Waals surface area contributed by atoms with E-state index in [-0.39, 0.29) is 5.69 Å². The van der Waals surface area contributed by atoms with E-state index < -0.39 is 5.91 Å². The Hall–Kier alpha value is -1.43. The molecule has 0 radical (unpaired) electrons. The van der Waals surface area contributed by atoms with Crippen molar-refractivity contribution in [1.29, 1.82) is 0 Å². The minimum atomic E-state index is -0.542. The highest BCUT2D eigenvalue weighted by Crippen LogP contribution is 2.19. The van der Waals surface area contributed by atoms with Crippen LogP contribution in [0.5, 0.6) is 0 Å². The van der Waals surface area contributed by atoms with Crippen LogP contribution in [0.1, 0.15) is 10.5 Å². The number of carbonyl (C=O) groups excluding carboxylic acids is 1. The molecule has 4 N–H and O–H groups in total. The number of nitrogen functional groups attached to an aromatic ring is 1. The van der Waals surface area contributed by atoms with Gasteiger partial charge in [0.2, 0.25) is 0 Å². The van der Waals surface area contributed by atoms with E-state index >= 15 is 0 Å². The topological polar surface area (TPSA) is 85.2 Å². The molecule has 0 spiro atoms. The molecule has 0 saturated carbocycles. The molecule has 1 aromatic rings. The number of pyridine rings is 1. The predicted octanol–water partition coefficient (Wildman–Crippen LogP) is 0.562. The number of thioether (sulfide) groups is 1. The van der Waals surface area contributed by atoms with E-state index in [1.165, 1.54) is 6.07 Å². The second-order valence-corrected chi connectivity index (χ2v) is 4.37. The Morgan fingerprint density at radius 1 is 1.56 bits per heavy atom. The van der Waals surface area contributed by atoms with Gasteiger partial charge >= 0.3 is 0 Å². The third-order valence-corrected chi connectivity index (χ3v) is 2.74. The highest BCUT2D eigenvalue weighted by atomic mass is 32.2. The van der Waals surface area contributed by atoms with Crippen LogP contribution in [0, 0.1) is 0 Å². The smallest absolute Gasteiger partial charge is 0.267 e. The van der Waals surface area contributed by atoms with Crippen molar-refractivity contribution < 1.29 is 4.79 Å². The first kappa shape index (κ1) is 12.6. The second-order valence-electron chi connectivity index (χ2n) is 3.39. The van der Waals surface area contributed by atoms with Gasteiger partial charge in [-0.2, -0.15) is 11.8 Å². The van der Waals surface area contributed by atoms with E-state index in [0.717, 1.165) is 12.3 Å². The third-order valence-electron chi connectivity index (χ3n) is 2.15. The molecule has 6 heteroatoms. The molecule has 0 aliphatic carbocycles. The molecule has 0 unspecified atom stereocenters. The van der Waals surface area contributed by atoms with E-state index in [9.17, 15) is 4.79 Å². The molecule has 0 saturated heterocycles. The van der Waals surface area contributed by atoms with Crippen molar-refractivity contribution in [3.63, 3.8) is 0 Å². The van der Waals surface area contributed by atoms with E-state index in [1.807, 2.05) is 18.2 Å². The molecule has 1 heterocycles. The summed E-state index contributed by atoms with van der Waals surface area (Å²) in [6.07, 6.45) is 2.03. The number of hydrogen-bond acceptors (Lipinski definition) is 5. The lowest BCUT2D eigenvalue weighted by Gasteiger charge is -2.19. The van der Waals surface area contributed by atoms with Gasteiger partial charge in [-0.3, -0.25) is 4.79 Å². The number of nitrogens with zero attached hydrogens (tertiary/aromatic N) is 2. The standard InChI is InChI=1S/C10H16N4OS/c1-14(5-6-16-2)10-7(11)3-4-8(13-10)9(12)15/h3-4H,5-6,11H2,1-2H3,(H2,12,15). The summed E-state index contributed by atoms with van der Waals surface area (Å²) in [4.78, 5) is 17.1. The van der Waals surface area contributed by atoms with Crippen LogP contribution in [0.3, 0.4) is 0 Å². The Kier molecular flexibility index (Phi) is 4.42. The molecule has 1 amide bonds. The number of anilines is 2.